The quantitative estimate of drug-likeness (QED) is 0.240. The Morgan fingerprint density at radius 1 is 1.22 bits per heavy atom. The van der Waals surface area contributed by atoms with Crippen LogP contribution in [0.4, 0.5) is 23.5 Å². The van der Waals surface area contributed by atoms with Crippen LogP contribution in [0.15, 0.2) is 36.7 Å². The van der Waals surface area contributed by atoms with E-state index in [2.05, 4.69) is 25.6 Å². The third kappa shape index (κ3) is 6.06. The number of hydrogen-bond donors (Lipinski definition) is 3. The van der Waals surface area contributed by atoms with E-state index in [-0.39, 0.29) is 42.1 Å². The number of piperidine rings is 1. The van der Waals surface area contributed by atoms with Gasteiger partial charge in [-0.05, 0) is 25.1 Å². The maximum atomic E-state index is 14.6. The molecule has 14 heteroatoms. The lowest BCUT2D eigenvalue weighted by Gasteiger charge is -2.33. The monoisotopic (exact) mass is 527 g/mol. The Morgan fingerprint density at radius 2 is 2.00 bits per heavy atom. The molecule has 3 N–H and O–H groups in total. The van der Waals surface area contributed by atoms with Gasteiger partial charge < -0.3 is 15.4 Å². The number of halogens is 4. The van der Waals surface area contributed by atoms with Gasteiger partial charge in [0, 0.05) is 49.6 Å². The zero-order chi connectivity index (χ0) is 26.1. The van der Waals surface area contributed by atoms with Gasteiger partial charge in [0.1, 0.15) is 17.2 Å². The zero-order valence-corrected chi connectivity index (χ0v) is 19.6. The molecule has 0 radical (unpaired) electrons. The van der Waals surface area contributed by atoms with Crippen LogP contribution in [-0.2, 0) is 15.9 Å². The largest absolute Gasteiger partial charge is 0.435 e. The normalized spacial score (nSPS) is 20.2. The van der Waals surface area contributed by atoms with Gasteiger partial charge in [-0.3, -0.25) is 4.55 Å². The Kier molecular flexibility index (Phi) is 7.11. The number of pyridine rings is 1. The van der Waals surface area contributed by atoms with Gasteiger partial charge in [0.2, 0.25) is 17.6 Å². The molecule has 4 rings (SSSR count). The van der Waals surface area contributed by atoms with E-state index in [0.717, 1.165) is 0 Å². The van der Waals surface area contributed by atoms with E-state index < -0.39 is 50.3 Å². The molecule has 0 aliphatic carbocycles. The molecule has 2 aromatic heterocycles. The molecule has 0 bridgehead atoms. The Balaban J connectivity index is 1.62. The van der Waals surface area contributed by atoms with Crippen LogP contribution in [-0.4, -0.2) is 52.7 Å². The molecule has 3 heterocycles. The number of anilines is 1. The van der Waals surface area contributed by atoms with Crippen LogP contribution in [0.2, 0.25) is 0 Å². The van der Waals surface area contributed by atoms with Crippen molar-refractivity contribution in [1.82, 2.24) is 20.3 Å². The first-order valence-corrected chi connectivity index (χ1v) is 12.3. The van der Waals surface area contributed by atoms with Gasteiger partial charge in [-0.2, -0.15) is 12.8 Å². The highest BCUT2D eigenvalue weighted by Crippen LogP contribution is 2.34. The number of rotatable bonds is 7. The van der Waals surface area contributed by atoms with Gasteiger partial charge in [0.05, 0.1) is 11.3 Å². The molecule has 3 aromatic rings. The van der Waals surface area contributed by atoms with Crippen LogP contribution >= 0.6 is 0 Å². The van der Waals surface area contributed by atoms with Crippen molar-refractivity contribution in [3.63, 3.8) is 0 Å². The van der Waals surface area contributed by atoms with Gasteiger partial charge in [0.25, 0.3) is 10.1 Å². The SMILES string of the molecule is C[C@@]1(F)CNC[C@@H](Nc2nccc(-c3cccnc3Oc3cc(F)c(CS(=O)(=O)O)c(F)c3F)n2)C1. The topological polar surface area (TPSA) is 126 Å². The minimum absolute atomic E-state index is 0.185. The van der Waals surface area contributed by atoms with Gasteiger partial charge in [-0.1, -0.05) is 0 Å². The molecular weight excluding hydrogens is 506 g/mol. The Bertz CT molecular complexity index is 1390. The lowest BCUT2D eigenvalue weighted by molar-refractivity contribution is 0.137. The zero-order valence-electron chi connectivity index (χ0n) is 18.8. The molecular formula is C22H21F4N5O4S. The summed E-state index contributed by atoms with van der Waals surface area (Å²) in [6.45, 7) is 2.22. The molecule has 0 saturated carbocycles. The first kappa shape index (κ1) is 25.7. The standard InChI is InChI=1S/C22H21F4N5O4S/c1-22(26)8-12(9-27-11-22)30-21-29-6-4-16(31-21)13-3-2-5-28-20(13)35-17-7-15(23)14(10-36(32,33)34)18(24)19(17)25/h2-7,12,27H,8-11H2,1H3,(H,29,30,31)(H,32,33,34)/t12-,22-/m0/s1. The molecule has 192 valence electrons. The predicted octanol–water partition coefficient (Wildman–Crippen LogP) is 3.64. The average Bonchev–Trinajstić information content (AvgIpc) is 2.79. The molecule has 2 atom stereocenters. The van der Waals surface area contributed by atoms with Crippen molar-refractivity contribution in [1.29, 1.82) is 0 Å². The van der Waals surface area contributed by atoms with Gasteiger partial charge >= 0.3 is 0 Å². The van der Waals surface area contributed by atoms with Crippen LogP contribution < -0.4 is 15.4 Å². The van der Waals surface area contributed by atoms with E-state index in [0.29, 0.717) is 12.6 Å². The summed E-state index contributed by atoms with van der Waals surface area (Å²) in [6, 6.07) is 4.72. The molecule has 1 fully saturated rings. The number of alkyl halides is 1. The number of aromatic nitrogens is 3. The van der Waals surface area contributed by atoms with Crippen LogP contribution in [0.25, 0.3) is 11.3 Å². The maximum absolute atomic E-state index is 14.6. The smallest absolute Gasteiger partial charge is 0.269 e. The van der Waals surface area contributed by atoms with Crippen molar-refractivity contribution in [2.45, 2.75) is 30.8 Å². The van der Waals surface area contributed by atoms with Crippen molar-refractivity contribution >= 4 is 16.1 Å². The molecule has 36 heavy (non-hydrogen) atoms. The average molecular weight is 528 g/mol. The van der Waals surface area contributed by atoms with Crippen LogP contribution in [0.1, 0.15) is 18.9 Å². The van der Waals surface area contributed by atoms with E-state index in [9.17, 15) is 26.0 Å². The fourth-order valence-corrected chi connectivity index (χ4v) is 4.43. The second-order valence-electron chi connectivity index (χ2n) is 8.50. The first-order valence-electron chi connectivity index (χ1n) is 10.7. The Morgan fingerprint density at radius 3 is 2.72 bits per heavy atom. The third-order valence-electron chi connectivity index (χ3n) is 5.35. The summed E-state index contributed by atoms with van der Waals surface area (Å²) in [5.74, 6) is -7.35. The molecule has 9 nitrogen and oxygen atoms in total. The summed E-state index contributed by atoms with van der Waals surface area (Å²) in [5, 5.41) is 6.04. The molecule has 0 spiro atoms. The molecule has 1 saturated heterocycles. The van der Waals surface area contributed by atoms with Crippen molar-refractivity contribution in [3.8, 4) is 22.9 Å². The Labute approximate surface area is 203 Å². The lowest BCUT2D eigenvalue weighted by Crippen LogP contribution is -2.50. The summed E-state index contributed by atoms with van der Waals surface area (Å²) < 4.78 is 93.8. The van der Waals surface area contributed by atoms with Crippen molar-refractivity contribution < 1.29 is 35.3 Å². The summed E-state index contributed by atoms with van der Waals surface area (Å²) >= 11 is 0. The lowest BCUT2D eigenvalue weighted by atomic mass is 9.95. The minimum Gasteiger partial charge on any atom is -0.435 e. The fraction of sp³-hybridized carbons (Fsp3) is 0.318. The van der Waals surface area contributed by atoms with Gasteiger partial charge in [0.15, 0.2) is 11.6 Å². The molecule has 1 aromatic carbocycles. The number of ether oxygens (including phenoxy) is 1. The third-order valence-corrected chi connectivity index (χ3v) is 6.00. The van der Waals surface area contributed by atoms with Crippen molar-refractivity contribution in [3.05, 3.63) is 59.7 Å². The van der Waals surface area contributed by atoms with E-state index in [1.54, 1.807) is 0 Å². The van der Waals surface area contributed by atoms with E-state index in [1.165, 1.54) is 37.5 Å². The molecule has 1 aliphatic rings. The van der Waals surface area contributed by atoms with Crippen LogP contribution in [0, 0.1) is 17.5 Å². The van der Waals surface area contributed by atoms with Gasteiger partial charge in [-0.25, -0.2) is 28.1 Å². The molecule has 0 unspecified atom stereocenters. The van der Waals surface area contributed by atoms with E-state index in [4.69, 9.17) is 9.29 Å². The van der Waals surface area contributed by atoms with Crippen LogP contribution in [0.5, 0.6) is 11.6 Å². The second-order valence-corrected chi connectivity index (χ2v) is 9.96. The molecule has 0 amide bonds. The number of benzene rings is 1. The highest BCUT2D eigenvalue weighted by atomic mass is 32.2. The van der Waals surface area contributed by atoms with E-state index >= 15 is 0 Å². The van der Waals surface area contributed by atoms with E-state index in [1.807, 2.05) is 0 Å². The fourth-order valence-electron chi connectivity index (χ4n) is 3.80. The van der Waals surface area contributed by atoms with Crippen molar-refractivity contribution in [2.24, 2.45) is 0 Å². The highest BCUT2D eigenvalue weighted by molar-refractivity contribution is 7.85. The van der Waals surface area contributed by atoms with Gasteiger partial charge in [-0.15, -0.1) is 0 Å². The minimum atomic E-state index is -4.82. The maximum Gasteiger partial charge on any atom is 0.269 e. The predicted molar refractivity (Wildman–Crippen MR) is 121 cm³/mol. The summed E-state index contributed by atoms with van der Waals surface area (Å²) in [6.07, 6.45) is 2.96. The first-order chi connectivity index (χ1) is 16.9. The number of hydrogen-bond acceptors (Lipinski definition) is 8. The summed E-state index contributed by atoms with van der Waals surface area (Å²) in [5.41, 5.74) is -2.07. The Hall–Kier alpha value is -3.36. The number of nitrogens with zero attached hydrogens (tertiary/aromatic N) is 3. The molecule has 1 aliphatic heterocycles. The second kappa shape index (κ2) is 9.95. The summed E-state index contributed by atoms with van der Waals surface area (Å²) in [7, 11) is -4.82. The highest BCUT2D eigenvalue weighted by Gasteiger charge is 2.32. The van der Waals surface area contributed by atoms with Crippen molar-refractivity contribution in [2.75, 3.05) is 18.4 Å². The van der Waals surface area contributed by atoms with Crippen LogP contribution in [0.3, 0.4) is 0 Å². The summed E-state index contributed by atoms with van der Waals surface area (Å²) in [4.78, 5) is 12.5. The number of nitrogens with one attached hydrogen (secondary N) is 2.